The Hall–Kier alpha value is -2.33. The summed E-state index contributed by atoms with van der Waals surface area (Å²) in [6, 6.07) is 21.9. The number of fused-ring (bicyclic) bond motifs is 2. The maximum Gasteiger partial charge on any atom is 0.258 e. The number of carbonyl (C=O) groups excluding carboxylic acids is 1. The molecule has 0 atom stereocenters. The number of anilines is 1. The number of hydrogen-bond donors (Lipinski definition) is 0. The fraction of sp³-hybridized carbons (Fsp3) is 0.296. The van der Waals surface area contributed by atoms with Crippen molar-refractivity contribution in [1.29, 1.82) is 0 Å². The molecule has 0 saturated carbocycles. The van der Waals surface area contributed by atoms with Gasteiger partial charge in [-0.3, -0.25) is 9.69 Å². The minimum Gasteiger partial charge on any atom is -0.307 e. The number of benzene rings is 3. The van der Waals surface area contributed by atoms with Gasteiger partial charge in [-0.25, -0.2) is 0 Å². The van der Waals surface area contributed by atoms with Crippen LogP contribution in [0.2, 0.25) is 10.0 Å². The van der Waals surface area contributed by atoms with Crippen molar-refractivity contribution >= 4 is 34.8 Å². The van der Waals surface area contributed by atoms with Crippen molar-refractivity contribution in [3.05, 3.63) is 99.0 Å². The van der Waals surface area contributed by atoms with Crippen molar-refractivity contribution < 1.29 is 4.79 Å². The van der Waals surface area contributed by atoms with Crippen molar-refractivity contribution in [1.82, 2.24) is 4.90 Å². The summed E-state index contributed by atoms with van der Waals surface area (Å²) in [4.78, 5) is 17.9. The average Bonchev–Trinajstić information content (AvgIpc) is 3.08. The lowest BCUT2D eigenvalue weighted by Gasteiger charge is -2.40. The number of aryl methyl sites for hydroxylation is 1. The molecule has 164 valence electrons. The predicted molar refractivity (Wildman–Crippen MR) is 132 cm³/mol. The largest absolute Gasteiger partial charge is 0.307 e. The summed E-state index contributed by atoms with van der Waals surface area (Å²) in [7, 11) is 0. The maximum absolute atomic E-state index is 13.5. The van der Waals surface area contributed by atoms with Crippen LogP contribution in [0, 0.1) is 6.92 Å². The summed E-state index contributed by atoms with van der Waals surface area (Å²) in [5.41, 5.74) is 5.48. The van der Waals surface area contributed by atoms with Gasteiger partial charge in [0.15, 0.2) is 0 Å². The van der Waals surface area contributed by atoms with Gasteiger partial charge in [-0.1, -0.05) is 59.1 Å². The van der Waals surface area contributed by atoms with Gasteiger partial charge in [-0.2, -0.15) is 0 Å². The van der Waals surface area contributed by atoms with E-state index in [9.17, 15) is 4.79 Å². The van der Waals surface area contributed by atoms with Gasteiger partial charge < -0.3 is 4.90 Å². The Morgan fingerprint density at radius 2 is 1.66 bits per heavy atom. The SMILES string of the molecule is Cc1ccc2c(c1)C1(CCN(Cc3cccc(Cl)c3)CC1)CN2C(=O)c1cccc(Cl)c1. The predicted octanol–water partition coefficient (Wildman–Crippen LogP) is 6.50. The zero-order chi connectivity index (χ0) is 22.3. The van der Waals surface area contributed by atoms with Crippen LogP contribution in [0.25, 0.3) is 0 Å². The molecule has 1 fully saturated rings. The lowest BCUT2D eigenvalue weighted by atomic mass is 9.74. The molecular weight excluding hydrogens is 439 g/mol. The first kappa shape index (κ1) is 21.5. The highest BCUT2D eigenvalue weighted by Crippen LogP contribution is 2.48. The lowest BCUT2D eigenvalue weighted by Crippen LogP contribution is -2.45. The number of likely N-dealkylation sites (tertiary alicyclic amines) is 1. The van der Waals surface area contributed by atoms with E-state index < -0.39 is 0 Å². The molecule has 0 N–H and O–H groups in total. The number of amides is 1. The highest BCUT2D eigenvalue weighted by Gasteiger charge is 2.46. The van der Waals surface area contributed by atoms with Crippen LogP contribution >= 0.6 is 23.2 Å². The third-order valence-corrected chi connectivity index (χ3v) is 7.37. The molecule has 5 heteroatoms. The van der Waals surface area contributed by atoms with Crippen molar-refractivity contribution in [3.8, 4) is 0 Å². The molecule has 0 bridgehead atoms. The first-order valence-electron chi connectivity index (χ1n) is 11.1. The molecule has 1 saturated heterocycles. The molecule has 32 heavy (non-hydrogen) atoms. The van der Waals surface area contributed by atoms with Crippen molar-refractivity contribution in [2.24, 2.45) is 0 Å². The topological polar surface area (TPSA) is 23.6 Å². The van der Waals surface area contributed by atoms with Crippen LogP contribution in [0.3, 0.4) is 0 Å². The van der Waals surface area contributed by atoms with Crippen LogP contribution in [-0.2, 0) is 12.0 Å². The molecule has 3 nitrogen and oxygen atoms in total. The zero-order valence-corrected chi connectivity index (χ0v) is 19.7. The van der Waals surface area contributed by atoms with Gasteiger partial charge in [0.2, 0.25) is 0 Å². The quantitative estimate of drug-likeness (QED) is 0.441. The fourth-order valence-electron chi connectivity index (χ4n) is 5.20. The number of rotatable bonds is 3. The Morgan fingerprint density at radius 3 is 2.38 bits per heavy atom. The van der Waals surface area contributed by atoms with Crippen LogP contribution in [0.15, 0.2) is 66.7 Å². The van der Waals surface area contributed by atoms with Crippen LogP contribution in [-0.4, -0.2) is 30.4 Å². The van der Waals surface area contributed by atoms with Gasteiger partial charge in [-0.15, -0.1) is 0 Å². The minimum atomic E-state index is 0.000418. The van der Waals surface area contributed by atoms with E-state index in [1.54, 1.807) is 12.1 Å². The van der Waals surface area contributed by atoms with Gasteiger partial charge in [-0.05, 0) is 80.4 Å². The van der Waals surface area contributed by atoms with Gasteiger partial charge in [0.1, 0.15) is 0 Å². The highest BCUT2D eigenvalue weighted by molar-refractivity contribution is 6.31. The molecule has 0 radical (unpaired) electrons. The first-order valence-corrected chi connectivity index (χ1v) is 11.8. The van der Waals surface area contributed by atoms with E-state index in [0.717, 1.165) is 49.7 Å². The normalized spacial score (nSPS) is 17.5. The van der Waals surface area contributed by atoms with Crippen molar-refractivity contribution in [2.45, 2.75) is 31.7 Å². The van der Waals surface area contributed by atoms with Crippen LogP contribution in [0.4, 0.5) is 5.69 Å². The van der Waals surface area contributed by atoms with E-state index in [2.05, 4.69) is 36.1 Å². The van der Waals surface area contributed by atoms with Crippen LogP contribution in [0.1, 0.15) is 39.9 Å². The fourth-order valence-corrected chi connectivity index (χ4v) is 5.60. The Labute approximate surface area is 199 Å². The molecule has 0 aromatic heterocycles. The maximum atomic E-state index is 13.5. The van der Waals surface area contributed by atoms with Crippen LogP contribution in [0.5, 0.6) is 0 Å². The van der Waals surface area contributed by atoms with E-state index in [1.807, 2.05) is 35.2 Å². The molecule has 0 aliphatic carbocycles. The molecule has 2 aliphatic rings. The summed E-state index contributed by atoms with van der Waals surface area (Å²) < 4.78 is 0. The zero-order valence-electron chi connectivity index (χ0n) is 18.2. The number of piperidine rings is 1. The Balaban J connectivity index is 1.39. The number of nitrogens with zero attached hydrogens (tertiary/aromatic N) is 2. The van der Waals surface area contributed by atoms with Crippen LogP contribution < -0.4 is 4.90 Å². The highest BCUT2D eigenvalue weighted by atomic mass is 35.5. The summed E-state index contributed by atoms with van der Waals surface area (Å²) in [5.74, 6) is 0.0239. The molecule has 3 aromatic rings. The first-order chi connectivity index (χ1) is 15.4. The number of carbonyl (C=O) groups is 1. The summed E-state index contributed by atoms with van der Waals surface area (Å²) in [5, 5.41) is 1.37. The monoisotopic (exact) mass is 464 g/mol. The van der Waals surface area contributed by atoms with Gasteiger partial charge >= 0.3 is 0 Å². The third-order valence-electron chi connectivity index (χ3n) is 6.90. The van der Waals surface area contributed by atoms with Gasteiger partial charge in [0.05, 0.1) is 0 Å². The standard InChI is InChI=1S/C27H26Cl2N2O/c1-19-8-9-25-24(14-19)27(18-31(25)26(32)21-5-3-7-23(29)16-21)10-12-30(13-11-27)17-20-4-2-6-22(28)15-20/h2-9,14-16H,10-13,17-18H2,1H3. The summed E-state index contributed by atoms with van der Waals surface area (Å²) in [6.45, 7) is 5.76. The molecular formula is C27H26Cl2N2O. The molecule has 1 spiro atoms. The summed E-state index contributed by atoms with van der Waals surface area (Å²) in [6.07, 6.45) is 2.06. The van der Waals surface area contributed by atoms with Crippen molar-refractivity contribution in [3.63, 3.8) is 0 Å². The van der Waals surface area contributed by atoms with E-state index in [0.29, 0.717) is 10.6 Å². The van der Waals surface area contributed by atoms with E-state index >= 15 is 0 Å². The van der Waals surface area contributed by atoms with Gasteiger partial charge in [0.25, 0.3) is 5.91 Å². The second kappa shape index (κ2) is 8.55. The number of hydrogen-bond acceptors (Lipinski definition) is 2. The molecule has 1 amide bonds. The Bertz CT molecular complexity index is 1170. The van der Waals surface area contributed by atoms with E-state index in [-0.39, 0.29) is 11.3 Å². The summed E-state index contributed by atoms with van der Waals surface area (Å²) >= 11 is 12.3. The van der Waals surface area contributed by atoms with E-state index in [1.165, 1.54) is 16.7 Å². The second-order valence-corrected chi connectivity index (χ2v) is 9.98. The number of halogens is 2. The third kappa shape index (κ3) is 4.05. The molecule has 2 aliphatic heterocycles. The Morgan fingerprint density at radius 1 is 0.938 bits per heavy atom. The van der Waals surface area contributed by atoms with Crippen molar-refractivity contribution in [2.75, 3.05) is 24.5 Å². The lowest BCUT2D eigenvalue weighted by molar-refractivity contribution is 0.0975. The molecule has 2 heterocycles. The smallest absolute Gasteiger partial charge is 0.258 e. The Kier molecular flexibility index (Phi) is 5.75. The molecule has 0 unspecified atom stereocenters. The molecule has 3 aromatic carbocycles. The average molecular weight is 465 g/mol. The van der Waals surface area contributed by atoms with E-state index in [4.69, 9.17) is 23.2 Å². The molecule has 5 rings (SSSR count). The van der Waals surface area contributed by atoms with Gasteiger partial charge in [0, 0.05) is 39.8 Å². The second-order valence-electron chi connectivity index (χ2n) is 9.11. The minimum absolute atomic E-state index is 0.000418.